The summed E-state index contributed by atoms with van der Waals surface area (Å²) in [5, 5.41) is 11.7. The minimum Gasteiger partial charge on any atom is -0.482 e. The van der Waals surface area contributed by atoms with E-state index in [2.05, 4.69) is 5.32 Å². The topological polar surface area (TPSA) is 61.8 Å². The molecule has 1 unspecified atom stereocenters. The third kappa shape index (κ3) is 7.23. The highest BCUT2D eigenvalue weighted by Gasteiger charge is 2.29. The lowest BCUT2D eigenvalue weighted by Crippen LogP contribution is -2.33. The second-order valence-corrected chi connectivity index (χ2v) is 5.39. The van der Waals surface area contributed by atoms with E-state index in [1.807, 2.05) is 0 Å². The predicted molar refractivity (Wildman–Crippen MR) is 80.7 cm³/mol. The standard InChI is InChI=1S/C15H21F3N2O3/c1-10-4-5-12(13(8-10)23-9-15(16,17)18)19-14(22)20(3)7-6-11(2)21/h4-5,8,11,21H,6-7,9H2,1-3H3,(H,19,22). The predicted octanol–water partition coefficient (Wildman–Crippen LogP) is 3.17. The number of benzene rings is 1. The highest BCUT2D eigenvalue weighted by atomic mass is 19.4. The summed E-state index contributed by atoms with van der Waals surface area (Å²) in [4.78, 5) is 13.4. The second-order valence-electron chi connectivity index (χ2n) is 5.39. The van der Waals surface area contributed by atoms with Gasteiger partial charge >= 0.3 is 12.2 Å². The minimum absolute atomic E-state index is 0.0420. The summed E-state index contributed by atoms with van der Waals surface area (Å²) < 4.78 is 41.7. The maximum Gasteiger partial charge on any atom is 0.422 e. The maximum atomic E-state index is 12.3. The third-order valence-electron chi connectivity index (χ3n) is 3.00. The van der Waals surface area contributed by atoms with Gasteiger partial charge < -0.3 is 20.1 Å². The van der Waals surface area contributed by atoms with Crippen molar-refractivity contribution in [3.05, 3.63) is 23.8 Å². The van der Waals surface area contributed by atoms with Crippen LogP contribution in [0.1, 0.15) is 18.9 Å². The van der Waals surface area contributed by atoms with Crippen LogP contribution >= 0.6 is 0 Å². The Kier molecular flexibility index (Phi) is 6.68. The number of hydrogen-bond donors (Lipinski definition) is 2. The van der Waals surface area contributed by atoms with E-state index in [1.165, 1.54) is 24.1 Å². The SMILES string of the molecule is Cc1ccc(NC(=O)N(C)CCC(C)O)c(OCC(F)(F)F)c1. The van der Waals surface area contributed by atoms with Gasteiger partial charge in [0.25, 0.3) is 0 Å². The molecule has 0 radical (unpaired) electrons. The molecule has 0 heterocycles. The van der Waals surface area contributed by atoms with Gasteiger partial charge in [-0.05, 0) is 38.0 Å². The number of amides is 2. The average Bonchev–Trinajstić information content (AvgIpc) is 2.43. The molecule has 5 nitrogen and oxygen atoms in total. The number of halogens is 3. The zero-order valence-electron chi connectivity index (χ0n) is 13.3. The highest BCUT2D eigenvalue weighted by molar-refractivity contribution is 5.90. The summed E-state index contributed by atoms with van der Waals surface area (Å²) in [6.07, 6.45) is -4.61. The molecule has 0 aliphatic heterocycles. The number of aliphatic hydroxyl groups is 1. The van der Waals surface area contributed by atoms with Gasteiger partial charge in [0.1, 0.15) is 5.75 Å². The van der Waals surface area contributed by atoms with Gasteiger partial charge in [-0.15, -0.1) is 0 Å². The lowest BCUT2D eigenvalue weighted by Gasteiger charge is -2.20. The Balaban J connectivity index is 2.76. The summed E-state index contributed by atoms with van der Waals surface area (Å²) in [5.74, 6) is -0.0420. The Hall–Kier alpha value is -1.96. The van der Waals surface area contributed by atoms with Gasteiger partial charge in [-0.1, -0.05) is 6.07 Å². The van der Waals surface area contributed by atoms with Gasteiger partial charge in [-0.2, -0.15) is 13.2 Å². The molecule has 0 aliphatic rings. The van der Waals surface area contributed by atoms with Gasteiger partial charge in [0, 0.05) is 13.6 Å². The van der Waals surface area contributed by atoms with Crippen molar-refractivity contribution in [3.63, 3.8) is 0 Å². The minimum atomic E-state index is -4.46. The van der Waals surface area contributed by atoms with Gasteiger partial charge in [0.15, 0.2) is 6.61 Å². The molecular weight excluding hydrogens is 313 g/mol. The smallest absolute Gasteiger partial charge is 0.422 e. The molecule has 0 aromatic heterocycles. The first kappa shape index (κ1) is 19.1. The van der Waals surface area contributed by atoms with Crippen LogP contribution in [-0.2, 0) is 0 Å². The number of aliphatic hydroxyl groups excluding tert-OH is 1. The van der Waals surface area contributed by atoms with Crippen LogP contribution in [0.3, 0.4) is 0 Å². The van der Waals surface area contributed by atoms with Crippen LogP contribution in [0.15, 0.2) is 18.2 Å². The van der Waals surface area contributed by atoms with Gasteiger partial charge in [-0.25, -0.2) is 4.79 Å². The molecule has 130 valence electrons. The van der Waals surface area contributed by atoms with Crippen molar-refractivity contribution in [2.24, 2.45) is 0 Å². The number of anilines is 1. The summed E-state index contributed by atoms with van der Waals surface area (Å²) in [5.41, 5.74) is 0.872. The van der Waals surface area contributed by atoms with Crippen LogP contribution < -0.4 is 10.1 Å². The first-order chi connectivity index (χ1) is 10.6. The van der Waals surface area contributed by atoms with E-state index in [0.29, 0.717) is 18.5 Å². The fraction of sp³-hybridized carbons (Fsp3) is 0.533. The molecule has 1 aromatic rings. The Morgan fingerprint density at radius 2 is 2.09 bits per heavy atom. The number of carbonyl (C=O) groups is 1. The number of hydrogen-bond acceptors (Lipinski definition) is 3. The van der Waals surface area contributed by atoms with Crippen molar-refractivity contribution in [3.8, 4) is 5.75 Å². The van der Waals surface area contributed by atoms with Crippen molar-refractivity contribution >= 4 is 11.7 Å². The highest BCUT2D eigenvalue weighted by Crippen LogP contribution is 2.28. The van der Waals surface area contributed by atoms with Crippen LogP contribution in [-0.4, -0.2) is 48.5 Å². The van der Waals surface area contributed by atoms with Crippen molar-refractivity contribution in [1.29, 1.82) is 0 Å². The summed E-state index contributed by atoms with van der Waals surface area (Å²) in [6.45, 7) is 2.20. The number of ether oxygens (including phenoxy) is 1. The van der Waals surface area contributed by atoms with E-state index in [9.17, 15) is 23.1 Å². The number of nitrogens with one attached hydrogen (secondary N) is 1. The molecule has 0 aliphatic carbocycles. The number of alkyl halides is 3. The monoisotopic (exact) mass is 334 g/mol. The van der Waals surface area contributed by atoms with Crippen molar-refractivity contribution in [2.75, 3.05) is 25.5 Å². The Bertz CT molecular complexity index is 533. The Morgan fingerprint density at radius 1 is 1.43 bits per heavy atom. The molecule has 1 atom stereocenters. The molecule has 0 bridgehead atoms. The largest absolute Gasteiger partial charge is 0.482 e. The maximum absolute atomic E-state index is 12.3. The second kappa shape index (κ2) is 8.05. The molecule has 0 saturated heterocycles. The van der Waals surface area contributed by atoms with Crippen LogP contribution in [0.25, 0.3) is 0 Å². The number of urea groups is 1. The first-order valence-corrected chi connectivity index (χ1v) is 7.09. The molecule has 8 heteroatoms. The first-order valence-electron chi connectivity index (χ1n) is 7.09. The molecule has 1 aromatic carbocycles. The van der Waals surface area contributed by atoms with Crippen LogP contribution in [0.5, 0.6) is 5.75 Å². The molecule has 2 N–H and O–H groups in total. The molecular formula is C15H21F3N2O3. The van der Waals surface area contributed by atoms with Gasteiger partial charge in [0.2, 0.25) is 0 Å². The van der Waals surface area contributed by atoms with E-state index >= 15 is 0 Å². The van der Waals surface area contributed by atoms with Crippen molar-refractivity contribution in [1.82, 2.24) is 4.90 Å². The number of carbonyl (C=O) groups excluding carboxylic acids is 1. The van der Waals surface area contributed by atoms with Crippen LogP contribution in [0.4, 0.5) is 23.7 Å². The number of aryl methyl sites for hydroxylation is 1. The van der Waals surface area contributed by atoms with E-state index in [-0.39, 0.29) is 11.4 Å². The average molecular weight is 334 g/mol. The van der Waals surface area contributed by atoms with Gasteiger partial charge in [-0.3, -0.25) is 0 Å². The lowest BCUT2D eigenvalue weighted by atomic mass is 10.2. The van der Waals surface area contributed by atoms with Crippen LogP contribution in [0, 0.1) is 6.92 Å². The zero-order valence-corrected chi connectivity index (χ0v) is 13.3. The number of rotatable bonds is 6. The summed E-state index contributed by atoms with van der Waals surface area (Å²) >= 11 is 0. The Morgan fingerprint density at radius 3 is 2.65 bits per heavy atom. The van der Waals surface area contributed by atoms with E-state index in [0.717, 1.165) is 0 Å². The Labute approximate surface area is 133 Å². The molecule has 0 fully saturated rings. The molecule has 0 spiro atoms. The molecule has 23 heavy (non-hydrogen) atoms. The summed E-state index contributed by atoms with van der Waals surface area (Å²) in [7, 11) is 1.53. The van der Waals surface area contributed by atoms with E-state index in [4.69, 9.17) is 4.74 Å². The third-order valence-corrected chi connectivity index (χ3v) is 3.00. The van der Waals surface area contributed by atoms with Crippen molar-refractivity contribution in [2.45, 2.75) is 32.5 Å². The fourth-order valence-corrected chi connectivity index (χ4v) is 1.70. The molecule has 0 saturated carbocycles. The van der Waals surface area contributed by atoms with E-state index < -0.39 is 24.9 Å². The van der Waals surface area contributed by atoms with Crippen LogP contribution in [0.2, 0.25) is 0 Å². The molecule has 1 rings (SSSR count). The normalized spacial score (nSPS) is 12.7. The summed E-state index contributed by atoms with van der Waals surface area (Å²) in [6, 6.07) is 4.08. The van der Waals surface area contributed by atoms with E-state index in [1.54, 1.807) is 19.9 Å². The van der Waals surface area contributed by atoms with Crippen molar-refractivity contribution < 1.29 is 27.8 Å². The molecule has 2 amide bonds. The fourth-order valence-electron chi connectivity index (χ4n) is 1.70. The van der Waals surface area contributed by atoms with Gasteiger partial charge in [0.05, 0.1) is 11.8 Å². The number of nitrogens with zero attached hydrogens (tertiary/aromatic N) is 1. The zero-order chi connectivity index (χ0) is 17.6. The lowest BCUT2D eigenvalue weighted by molar-refractivity contribution is -0.153. The quantitative estimate of drug-likeness (QED) is 0.840.